The fourth-order valence-electron chi connectivity index (χ4n) is 7.40. The lowest BCUT2D eigenvalue weighted by atomic mass is 10.1. The van der Waals surface area contributed by atoms with Crippen LogP contribution >= 0.6 is 15.5 Å². The van der Waals surface area contributed by atoms with Crippen LogP contribution < -0.4 is 31.9 Å². The van der Waals surface area contributed by atoms with E-state index in [9.17, 15) is 34.8 Å². The normalized spacial score (nSPS) is 28.5. The van der Waals surface area contributed by atoms with E-state index in [0.29, 0.717) is 0 Å². The Morgan fingerprint density at radius 3 is 1.70 bits per heavy atom. The standard InChI is InChI=1S/C40H58N14O14P2Si/c1-20(2)32(56)47-38-45-30-26(34(58)49-38)43-18-53(30)36-28(55)24-22(66-36)16-64-70(61,63-15-11-13-42)52-25-23(17-65-69(60,51-24)62-14-10-12-41)67-37(29(25)68-71(8,9)40(5,6)7)54-19-44-27-31(54)46-39(50-35(27)59)48-33(57)21(3)4/h18-25,28-29,36-37,55H,10-11,14-17H2,1-9H3,(H,51,60)(H,52,61)(H2,45,47,49,56,58)(H2,46,48,50,57,59)/t22-,23-,24-,25-,28-,29?,36-,37-,69?,70?/m1/s1. The van der Waals surface area contributed by atoms with Gasteiger partial charge in [0, 0.05) is 11.8 Å². The summed E-state index contributed by atoms with van der Waals surface area (Å²) in [7, 11) is -12.2. The van der Waals surface area contributed by atoms with E-state index in [1.54, 1.807) is 27.7 Å². The van der Waals surface area contributed by atoms with Gasteiger partial charge in [0.05, 0.1) is 76.1 Å². The zero-order chi connectivity index (χ0) is 51.8. The van der Waals surface area contributed by atoms with Crippen LogP contribution in [0.15, 0.2) is 22.2 Å². The Labute approximate surface area is 407 Å². The van der Waals surface area contributed by atoms with E-state index >= 15 is 9.13 Å². The number of fused-ring (bicyclic) bond motifs is 4. The van der Waals surface area contributed by atoms with Crippen molar-refractivity contribution < 1.29 is 55.8 Å². The molecule has 0 bridgehead atoms. The molecular formula is C40H58N14O14P2Si. The number of carbonyl (C=O) groups excluding carboxylic acids is 2. The van der Waals surface area contributed by atoms with Crippen molar-refractivity contribution in [3.63, 3.8) is 0 Å². The van der Waals surface area contributed by atoms with Crippen molar-refractivity contribution in [1.29, 1.82) is 10.5 Å². The monoisotopic (exact) mass is 1050 g/mol. The topological polar surface area (TPSA) is 376 Å². The third-order valence-electron chi connectivity index (χ3n) is 12.3. The number of nitrogens with zero attached hydrogens (tertiary/aromatic N) is 8. The Kier molecular flexibility index (Phi) is 16.0. The van der Waals surface area contributed by atoms with E-state index in [2.05, 4.69) is 50.7 Å². The first-order valence-corrected chi connectivity index (χ1v) is 28.7. The first-order chi connectivity index (χ1) is 33.4. The molecule has 2 amide bonds. The first kappa shape index (κ1) is 53.7. The minimum Gasteiger partial charge on any atom is -0.408 e. The van der Waals surface area contributed by atoms with Crippen LogP contribution in [-0.4, -0.2) is 127 Å². The van der Waals surface area contributed by atoms with Gasteiger partial charge >= 0.3 is 15.5 Å². The van der Waals surface area contributed by atoms with Gasteiger partial charge in [0.1, 0.15) is 24.4 Å². The number of anilines is 2. The van der Waals surface area contributed by atoms with E-state index in [0.717, 1.165) is 6.33 Å². The number of hydrogen-bond donors (Lipinski definition) is 7. The fraction of sp³-hybridized carbons (Fsp3) is 0.650. The number of aliphatic hydroxyl groups excluding tert-OH is 1. The predicted octanol–water partition coefficient (Wildman–Crippen LogP) is 3.03. The number of carbonyl (C=O) groups is 2. The second kappa shape index (κ2) is 21.2. The van der Waals surface area contributed by atoms with Gasteiger partial charge in [0.25, 0.3) is 11.1 Å². The number of hydrogen-bond acceptors (Lipinski definition) is 20. The molecule has 3 aliphatic heterocycles. The van der Waals surface area contributed by atoms with E-state index in [4.69, 9.17) is 32.0 Å². The van der Waals surface area contributed by atoms with Crippen molar-refractivity contribution in [3.8, 4) is 12.1 Å². The minimum absolute atomic E-state index is 0.0349. The van der Waals surface area contributed by atoms with Gasteiger partial charge in [0.15, 0.2) is 43.1 Å². The molecule has 28 nitrogen and oxygen atoms in total. The zero-order valence-corrected chi connectivity index (χ0v) is 43.2. The summed E-state index contributed by atoms with van der Waals surface area (Å²) >= 11 is 0. The third-order valence-corrected chi connectivity index (χ3v) is 20.0. The summed E-state index contributed by atoms with van der Waals surface area (Å²) in [5.74, 6) is -2.22. The molecule has 386 valence electrons. The Morgan fingerprint density at radius 2 is 1.25 bits per heavy atom. The molecule has 0 spiro atoms. The summed E-state index contributed by atoms with van der Waals surface area (Å²) in [5, 5.41) is 41.3. The largest absolute Gasteiger partial charge is 0.408 e. The summed E-state index contributed by atoms with van der Waals surface area (Å²) in [6, 6.07) is 1.12. The predicted molar refractivity (Wildman–Crippen MR) is 252 cm³/mol. The summed E-state index contributed by atoms with van der Waals surface area (Å²) < 4.78 is 76.9. The van der Waals surface area contributed by atoms with Crippen LogP contribution in [0.25, 0.3) is 22.3 Å². The van der Waals surface area contributed by atoms with Gasteiger partial charge in [-0.05, 0) is 18.1 Å². The van der Waals surface area contributed by atoms with Gasteiger partial charge in [0.2, 0.25) is 23.7 Å². The number of amides is 2. The van der Waals surface area contributed by atoms with Gasteiger partial charge in [-0.25, -0.2) is 29.3 Å². The number of imidazole rings is 2. The molecule has 7 rings (SSSR count). The molecule has 0 aromatic carbocycles. The second-order valence-corrected chi connectivity index (χ2v) is 27.4. The molecule has 4 aromatic heterocycles. The molecular weight excluding hydrogens is 991 g/mol. The summed E-state index contributed by atoms with van der Waals surface area (Å²) in [4.78, 5) is 74.1. The van der Waals surface area contributed by atoms with Crippen LogP contribution in [0.1, 0.15) is 73.8 Å². The highest BCUT2D eigenvalue weighted by Gasteiger charge is 2.56. The number of nitriles is 2. The van der Waals surface area contributed by atoms with E-state index in [1.165, 1.54) is 15.5 Å². The Hall–Kier alpha value is -5.10. The third kappa shape index (κ3) is 11.6. The molecule has 3 saturated heterocycles. The number of rotatable bonds is 14. The van der Waals surface area contributed by atoms with Crippen LogP contribution in [-0.2, 0) is 50.7 Å². The molecule has 31 heteroatoms. The van der Waals surface area contributed by atoms with Crippen LogP contribution in [0.4, 0.5) is 11.9 Å². The molecule has 3 unspecified atom stereocenters. The van der Waals surface area contributed by atoms with Crippen molar-refractivity contribution in [2.24, 2.45) is 11.8 Å². The van der Waals surface area contributed by atoms with Crippen molar-refractivity contribution in [1.82, 2.24) is 49.2 Å². The Balaban J connectivity index is 1.32. The highest BCUT2D eigenvalue weighted by atomic mass is 31.2. The number of ether oxygens (including phenoxy) is 2. The quantitative estimate of drug-likeness (QED) is 0.0542. The Bertz CT molecular complexity index is 2940. The molecule has 0 saturated carbocycles. The van der Waals surface area contributed by atoms with Crippen LogP contribution in [0.5, 0.6) is 0 Å². The smallest absolute Gasteiger partial charge is 0.406 e. The average Bonchev–Trinajstić information content (AvgIpc) is 4.06. The second-order valence-electron chi connectivity index (χ2n) is 19.1. The summed E-state index contributed by atoms with van der Waals surface area (Å²) in [6.07, 6.45) is -6.37. The van der Waals surface area contributed by atoms with Gasteiger partial charge in [-0.2, -0.15) is 20.5 Å². The molecule has 3 aliphatic rings. The number of nitrogens with one attached hydrogen (secondary N) is 6. The van der Waals surface area contributed by atoms with E-state index < -0.39 is 139 Å². The molecule has 7 heterocycles. The highest BCUT2D eigenvalue weighted by molar-refractivity contribution is 7.52. The lowest BCUT2D eigenvalue weighted by Crippen LogP contribution is -2.53. The number of aliphatic hydroxyl groups is 1. The lowest BCUT2D eigenvalue weighted by molar-refractivity contribution is -0.119. The maximum absolute atomic E-state index is 15.2. The highest BCUT2D eigenvalue weighted by Crippen LogP contribution is 2.53. The maximum Gasteiger partial charge on any atom is 0.406 e. The molecule has 3 fully saturated rings. The van der Waals surface area contributed by atoms with Crippen molar-refractivity contribution in [3.05, 3.63) is 33.4 Å². The molecule has 0 radical (unpaired) electrons. The van der Waals surface area contributed by atoms with Crippen LogP contribution in [0.3, 0.4) is 0 Å². The molecule has 7 N–H and O–H groups in total. The van der Waals surface area contributed by atoms with E-state index in [-0.39, 0.29) is 47.1 Å². The SMILES string of the molecule is CC(C)C(=O)Nc1nc2c(ncn2[C@@H]2O[C@@H]3COP(=O)(OCCC#N)N[C@H]4[C@@H](O)[C@H](n5cnc6c(=O)[nH]c(NC(=O)C(C)C)nc65)O[C@@H]4COP(=O)(OCCC#N)N[C@H]3C2O[Si](C)(C)C(C)(C)C)c(=O)[nH]1. The van der Waals surface area contributed by atoms with Gasteiger partial charge < -0.3 is 19.0 Å². The van der Waals surface area contributed by atoms with E-state index in [1.807, 2.05) is 46.0 Å². The van der Waals surface area contributed by atoms with Crippen molar-refractivity contribution in [2.75, 3.05) is 37.1 Å². The van der Waals surface area contributed by atoms with Gasteiger partial charge in [-0.3, -0.25) is 67.0 Å². The number of aromatic amines is 2. The minimum atomic E-state index is -4.67. The Morgan fingerprint density at radius 1 is 0.817 bits per heavy atom. The number of aromatic nitrogens is 8. The average molecular weight is 1050 g/mol. The molecule has 71 heavy (non-hydrogen) atoms. The fourth-order valence-corrected chi connectivity index (χ4v) is 11.9. The molecule has 10 atom stereocenters. The van der Waals surface area contributed by atoms with Gasteiger partial charge in [-0.1, -0.05) is 48.5 Å². The lowest BCUT2D eigenvalue weighted by Gasteiger charge is -2.41. The maximum atomic E-state index is 15.2. The summed E-state index contributed by atoms with van der Waals surface area (Å²) in [5.41, 5.74) is -1.88. The van der Waals surface area contributed by atoms with Crippen molar-refractivity contribution in [2.45, 2.75) is 128 Å². The first-order valence-electron chi connectivity index (χ1n) is 22.7. The van der Waals surface area contributed by atoms with Crippen LogP contribution in [0, 0.1) is 34.5 Å². The number of H-pyrrole nitrogens is 2. The van der Waals surface area contributed by atoms with Gasteiger partial charge in [-0.15, -0.1) is 0 Å². The van der Waals surface area contributed by atoms with Crippen molar-refractivity contribution >= 4 is 69.8 Å². The molecule has 4 aromatic rings. The summed E-state index contributed by atoms with van der Waals surface area (Å²) in [6.45, 7) is 14.3. The zero-order valence-electron chi connectivity index (χ0n) is 40.4. The molecule has 0 aliphatic carbocycles. The van der Waals surface area contributed by atoms with Crippen LogP contribution in [0.2, 0.25) is 18.1 Å².